The number of carbonyl (C=O) groups excluding carboxylic acids is 5. The minimum absolute atomic E-state index is 0.0103. The Kier molecular flexibility index (Phi) is 8.06. The van der Waals surface area contributed by atoms with Gasteiger partial charge in [0.1, 0.15) is 12.4 Å². The Morgan fingerprint density at radius 1 is 1.04 bits per heavy atom. The summed E-state index contributed by atoms with van der Waals surface area (Å²) in [5.41, 5.74) is 3.58. The molecule has 7 rings (SSSR count). The Morgan fingerprint density at radius 3 is 2.55 bits per heavy atom. The van der Waals surface area contributed by atoms with Crippen LogP contribution in [0.4, 0.5) is 5.69 Å². The molecule has 4 aliphatic rings. The first kappa shape index (κ1) is 30.7. The monoisotopic (exact) mass is 638 g/mol. The van der Waals surface area contributed by atoms with E-state index in [9.17, 15) is 24.0 Å². The predicted molar refractivity (Wildman–Crippen MR) is 169 cm³/mol. The van der Waals surface area contributed by atoms with Gasteiger partial charge in [-0.15, -0.1) is 0 Å². The number of hydrogen-bond donors (Lipinski definition) is 2. The average molecular weight is 639 g/mol. The number of hydrogen-bond acceptors (Lipinski definition) is 8. The van der Waals surface area contributed by atoms with Gasteiger partial charge in [-0.3, -0.25) is 38.9 Å². The van der Waals surface area contributed by atoms with Gasteiger partial charge in [-0.2, -0.15) is 5.10 Å². The van der Waals surface area contributed by atoms with Crippen molar-refractivity contribution in [3.8, 4) is 0 Å². The molecule has 3 fully saturated rings. The van der Waals surface area contributed by atoms with Gasteiger partial charge in [-0.25, -0.2) is 9.97 Å². The van der Waals surface area contributed by atoms with Crippen molar-refractivity contribution in [3.05, 3.63) is 70.6 Å². The summed E-state index contributed by atoms with van der Waals surface area (Å²) in [4.78, 5) is 78.3. The van der Waals surface area contributed by atoms with Gasteiger partial charge in [-0.05, 0) is 68.9 Å². The fourth-order valence-electron chi connectivity index (χ4n) is 7.14. The van der Waals surface area contributed by atoms with Crippen LogP contribution in [0.15, 0.2) is 36.8 Å². The van der Waals surface area contributed by atoms with Gasteiger partial charge in [0.25, 0.3) is 11.8 Å². The number of nitrogens with one attached hydrogen (secondary N) is 2. The van der Waals surface area contributed by atoms with Gasteiger partial charge in [0, 0.05) is 55.1 Å². The van der Waals surface area contributed by atoms with Crippen LogP contribution >= 0.6 is 0 Å². The average Bonchev–Trinajstić information content (AvgIpc) is 3.75. The van der Waals surface area contributed by atoms with Crippen molar-refractivity contribution >= 4 is 35.2 Å². The molecule has 3 aromatic rings. The van der Waals surface area contributed by atoms with E-state index < -0.39 is 23.9 Å². The van der Waals surface area contributed by atoms with Gasteiger partial charge in [0.05, 0.1) is 17.0 Å². The number of imide groups is 1. The van der Waals surface area contributed by atoms with Gasteiger partial charge in [0.15, 0.2) is 6.04 Å². The lowest BCUT2D eigenvalue weighted by Gasteiger charge is -2.32. The second-order valence-corrected chi connectivity index (χ2v) is 13.1. The molecule has 47 heavy (non-hydrogen) atoms. The number of rotatable bonds is 8. The molecule has 5 amide bonds. The Morgan fingerprint density at radius 2 is 1.83 bits per heavy atom. The number of anilines is 1. The normalized spacial score (nSPS) is 20.5. The molecule has 0 radical (unpaired) electrons. The molecule has 13 nitrogen and oxygen atoms in total. The second kappa shape index (κ2) is 12.3. The Bertz CT molecular complexity index is 1780. The molecular weight excluding hydrogens is 600 g/mol. The van der Waals surface area contributed by atoms with E-state index >= 15 is 0 Å². The summed E-state index contributed by atoms with van der Waals surface area (Å²) < 4.78 is 1.80. The van der Waals surface area contributed by atoms with Crippen LogP contribution in [0.2, 0.25) is 0 Å². The van der Waals surface area contributed by atoms with E-state index in [2.05, 4.69) is 20.6 Å². The minimum Gasteiger partial charge on any atom is -0.351 e. The molecule has 2 N–H and O–H groups in total. The molecule has 2 aliphatic heterocycles. The number of benzene rings is 1. The number of amides is 5. The molecule has 0 spiro atoms. The first-order valence-corrected chi connectivity index (χ1v) is 16.4. The third kappa shape index (κ3) is 5.90. The molecule has 13 heteroatoms. The lowest BCUT2D eigenvalue weighted by atomic mass is 9.95. The van der Waals surface area contributed by atoms with Crippen molar-refractivity contribution in [3.63, 3.8) is 0 Å². The number of piperidine rings is 1. The fraction of sp³-hybridized carbons (Fsp3) is 0.471. The Labute approximate surface area is 272 Å². The standard InChI is InChI=1S/C34H38N8O5/c1-19-25(16-35-18-36-19)34(47)42(23-10-11-24-21(14-23)17-41(33(24)46)27-12-13-29(43)38-31(27)44)30(32(45)37-22-6-4-3-5-7-22)26-15-28(20-8-9-20)40(2)39-26/h10-11,14-16,18,20,22,27,30H,3-9,12-13,17H2,1-2H3,(H,37,45)(H,38,43,44). The van der Waals surface area contributed by atoms with Gasteiger partial charge in [0.2, 0.25) is 17.7 Å². The Hall–Kier alpha value is -4.94. The third-order valence-electron chi connectivity index (χ3n) is 9.81. The summed E-state index contributed by atoms with van der Waals surface area (Å²) in [5, 5.41) is 10.4. The first-order chi connectivity index (χ1) is 22.7. The van der Waals surface area contributed by atoms with Crippen LogP contribution in [0.5, 0.6) is 0 Å². The van der Waals surface area contributed by atoms with E-state index in [1.165, 1.54) is 22.3 Å². The highest BCUT2D eigenvalue weighted by atomic mass is 16.2. The number of fused-ring (bicyclic) bond motifs is 1. The second-order valence-electron chi connectivity index (χ2n) is 13.1. The zero-order chi connectivity index (χ0) is 32.8. The molecule has 2 saturated carbocycles. The maximum Gasteiger partial charge on any atom is 0.262 e. The van der Waals surface area contributed by atoms with Gasteiger partial charge >= 0.3 is 0 Å². The minimum atomic E-state index is -1.12. The van der Waals surface area contributed by atoms with Crippen molar-refractivity contribution in [2.24, 2.45) is 7.05 Å². The van der Waals surface area contributed by atoms with Gasteiger partial charge < -0.3 is 10.2 Å². The van der Waals surface area contributed by atoms with Crippen molar-refractivity contribution in [1.29, 1.82) is 0 Å². The van der Waals surface area contributed by atoms with E-state index in [0.717, 1.165) is 50.6 Å². The largest absolute Gasteiger partial charge is 0.351 e. The van der Waals surface area contributed by atoms with Gasteiger partial charge in [-0.1, -0.05) is 19.3 Å². The molecular formula is C34H38N8O5. The molecule has 2 aromatic heterocycles. The summed E-state index contributed by atoms with van der Waals surface area (Å²) >= 11 is 0. The molecule has 1 aromatic carbocycles. The number of nitrogens with zero attached hydrogens (tertiary/aromatic N) is 6. The molecule has 1 saturated heterocycles. The topological polar surface area (TPSA) is 159 Å². The lowest BCUT2D eigenvalue weighted by molar-refractivity contribution is -0.137. The van der Waals surface area contributed by atoms with Crippen LogP contribution < -0.4 is 15.5 Å². The zero-order valence-electron chi connectivity index (χ0n) is 26.6. The maximum absolute atomic E-state index is 14.6. The van der Waals surface area contributed by atoms with Crippen LogP contribution in [0, 0.1) is 6.92 Å². The SMILES string of the molecule is Cc1ncncc1C(=O)N(c1ccc2c(c1)CN(C1CCC(=O)NC1=O)C2=O)C(C(=O)NC1CCCCC1)c1cc(C2CC2)n(C)n1. The maximum atomic E-state index is 14.6. The van der Waals surface area contributed by atoms with Crippen molar-refractivity contribution in [1.82, 2.24) is 35.3 Å². The predicted octanol–water partition coefficient (Wildman–Crippen LogP) is 2.99. The van der Waals surface area contributed by atoms with Crippen molar-refractivity contribution < 1.29 is 24.0 Å². The highest BCUT2D eigenvalue weighted by Gasteiger charge is 2.42. The first-order valence-electron chi connectivity index (χ1n) is 16.4. The van der Waals surface area contributed by atoms with E-state index in [1.54, 1.807) is 29.8 Å². The molecule has 244 valence electrons. The summed E-state index contributed by atoms with van der Waals surface area (Å²) in [6.07, 6.45) is 10.2. The third-order valence-corrected chi connectivity index (χ3v) is 9.81. The van der Waals surface area contributed by atoms with Crippen LogP contribution in [0.25, 0.3) is 0 Å². The van der Waals surface area contributed by atoms with Crippen LogP contribution in [-0.4, -0.2) is 66.3 Å². The summed E-state index contributed by atoms with van der Waals surface area (Å²) in [6, 6.07) is 5.06. The quantitative estimate of drug-likeness (QED) is 0.356. The summed E-state index contributed by atoms with van der Waals surface area (Å²) in [5.74, 6) is -1.62. The number of aryl methyl sites for hydroxylation is 2. The molecule has 2 atom stereocenters. The molecule has 2 unspecified atom stereocenters. The summed E-state index contributed by atoms with van der Waals surface area (Å²) in [7, 11) is 1.86. The zero-order valence-corrected chi connectivity index (χ0v) is 26.6. The molecule has 0 bridgehead atoms. The Balaban J connectivity index is 1.31. The smallest absolute Gasteiger partial charge is 0.262 e. The van der Waals surface area contributed by atoms with Crippen molar-refractivity contribution in [2.45, 2.75) is 95.3 Å². The van der Waals surface area contributed by atoms with Crippen molar-refractivity contribution in [2.75, 3.05) is 4.90 Å². The fourth-order valence-corrected chi connectivity index (χ4v) is 7.14. The van der Waals surface area contributed by atoms with Crippen LogP contribution in [0.1, 0.15) is 113 Å². The van der Waals surface area contributed by atoms with E-state index in [1.807, 2.05) is 13.1 Å². The highest BCUT2D eigenvalue weighted by Crippen LogP contribution is 2.42. The van der Waals surface area contributed by atoms with E-state index in [4.69, 9.17) is 5.10 Å². The van der Waals surface area contributed by atoms with E-state index in [-0.39, 0.29) is 48.7 Å². The van der Waals surface area contributed by atoms with Crippen LogP contribution in [0.3, 0.4) is 0 Å². The number of aromatic nitrogens is 4. The molecule has 4 heterocycles. The number of carbonyl (C=O) groups is 5. The van der Waals surface area contributed by atoms with E-state index in [0.29, 0.717) is 34.1 Å². The lowest BCUT2D eigenvalue weighted by Crippen LogP contribution is -2.52. The van der Waals surface area contributed by atoms with Crippen LogP contribution in [-0.2, 0) is 28.0 Å². The molecule has 2 aliphatic carbocycles. The summed E-state index contributed by atoms with van der Waals surface area (Å²) in [6.45, 7) is 1.84. The highest BCUT2D eigenvalue weighted by molar-refractivity contribution is 6.11.